The van der Waals surface area contributed by atoms with Gasteiger partial charge in [0.05, 0.1) is 39.9 Å². The Morgan fingerprint density at radius 1 is 0.471 bits per heavy atom. The number of nitrogens with zero attached hydrogens (tertiary/aromatic N) is 1. The van der Waals surface area contributed by atoms with Crippen LogP contribution in [0.3, 0.4) is 0 Å². The summed E-state index contributed by atoms with van der Waals surface area (Å²) >= 11 is 0. The number of likely N-dealkylation sites (N-methyl/N-ethyl adjacent to an activating group) is 1. The van der Waals surface area contributed by atoms with E-state index in [1.54, 1.807) is 6.08 Å². The Labute approximate surface area is 436 Å². The van der Waals surface area contributed by atoms with Crippen LogP contribution in [-0.4, -0.2) is 73.4 Å². The normalized spacial score (nSPS) is 14.0. The summed E-state index contributed by atoms with van der Waals surface area (Å²) in [6, 6.07) is -0.860. The first kappa shape index (κ1) is 69.0. The van der Waals surface area contributed by atoms with Gasteiger partial charge >= 0.3 is 7.82 Å². The Kier molecular flexibility index (Phi) is 52.1. The number of carbonyl (C=O) groups excluding carboxylic acids is 1. The van der Waals surface area contributed by atoms with Crippen LogP contribution in [0.1, 0.15) is 309 Å². The van der Waals surface area contributed by atoms with Gasteiger partial charge in [0.2, 0.25) is 5.91 Å². The summed E-state index contributed by atoms with van der Waals surface area (Å²) in [7, 11) is 1.57. The van der Waals surface area contributed by atoms with Crippen LogP contribution in [-0.2, 0) is 18.4 Å². The molecular weight excluding hydrogens is 888 g/mol. The van der Waals surface area contributed by atoms with Crippen molar-refractivity contribution in [1.82, 2.24) is 5.32 Å². The van der Waals surface area contributed by atoms with Gasteiger partial charge in [0.1, 0.15) is 13.2 Å². The molecule has 0 bridgehead atoms. The van der Waals surface area contributed by atoms with Gasteiger partial charge in [-0.1, -0.05) is 295 Å². The lowest BCUT2D eigenvalue weighted by molar-refractivity contribution is -0.870. The molecule has 0 aliphatic carbocycles. The van der Waals surface area contributed by atoms with Crippen molar-refractivity contribution in [3.8, 4) is 0 Å². The number of quaternary nitrogens is 1. The third-order valence-corrected chi connectivity index (χ3v) is 15.2. The quantitative estimate of drug-likeness (QED) is 0.0243. The molecule has 0 fully saturated rings. The number of phosphoric acid groups is 1. The van der Waals surface area contributed by atoms with Crippen LogP contribution in [0.4, 0.5) is 0 Å². The van der Waals surface area contributed by atoms with Crippen molar-refractivity contribution in [3.63, 3.8) is 0 Å². The monoisotopic (exact) mass is 1010 g/mol. The van der Waals surface area contributed by atoms with Gasteiger partial charge in [-0.05, 0) is 32.1 Å². The maximum atomic E-state index is 13.0. The fourth-order valence-electron chi connectivity index (χ4n) is 9.36. The predicted molar refractivity (Wildman–Crippen MR) is 305 cm³/mol. The zero-order chi connectivity index (χ0) is 51.3. The van der Waals surface area contributed by atoms with E-state index in [0.29, 0.717) is 17.4 Å². The molecule has 0 aromatic rings. The first-order valence-electron chi connectivity index (χ1n) is 30.7. The van der Waals surface area contributed by atoms with Crippen LogP contribution < -0.4 is 5.32 Å². The smallest absolute Gasteiger partial charge is 0.387 e. The second-order valence-corrected chi connectivity index (χ2v) is 23.9. The average Bonchev–Trinajstić information content (AvgIpc) is 3.32. The number of unbranched alkanes of at least 4 members (excludes halogenated alkanes) is 42. The number of allylic oxidation sites excluding steroid dienone is 3. The summed E-state index contributed by atoms with van der Waals surface area (Å²) in [5.74, 6) is -0.180. The number of amides is 1. The maximum absolute atomic E-state index is 13.0. The second kappa shape index (κ2) is 52.8. The first-order valence-corrected chi connectivity index (χ1v) is 32.2. The topological polar surface area (TPSA) is 105 Å². The molecule has 1 amide bonds. The van der Waals surface area contributed by atoms with Crippen LogP contribution in [0, 0.1) is 0 Å². The highest BCUT2D eigenvalue weighted by Gasteiger charge is 2.27. The van der Waals surface area contributed by atoms with Crippen molar-refractivity contribution in [3.05, 3.63) is 24.3 Å². The van der Waals surface area contributed by atoms with E-state index >= 15 is 0 Å². The van der Waals surface area contributed by atoms with Crippen LogP contribution in [0.15, 0.2) is 24.3 Å². The fraction of sp³-hybridized carbons (Fsp3) is 0.918. The van der Waals surface area contributed by atoms with Crippen LogP contribution in [0.2, 0.25) is 0 Å². The van der Waals surface area contributed by atoms with Gasteiger partial charge in [0.15, 0.2) is 0 Å². The third-order valence-electron chi connectivity index (χ3n) is 14.2. The predicted octanol–water partition coefficient (Wildman–Crippen LogP) is 18.8. The zero-order valence-electron chi connectivity index (χ0n) is 47.5. The number of aliphatic hydroxyl groups excluding tert-OH is 1. The molecular formula is C61H122N2O6P+. The maximum Gasteiger partial charge on any atom is 0.472 e. The lowest BCUT2D eigenvalue weighted by Gasteiger charge is -2.25. The van der Waals surface area contributed by atoms with Crippen molar-refractivity contribution in [2.75, 3.05) is 40.9 Å². The SMILES string of the molecule is CCCCCCCCCCCCCC/C=C/CC/C=C/C(O)C(COP(=O)(O)OCC[N+](C)(C)C)NC(=O)CCCCCCCCCCCCCCCCCCCCCCCCCCCCCCCC. The molecule has 0 spiro atoms. The number of hydrogen-bond acceptors (Lipinski definition) is 5. The van der Waals surface area contributed by atoms with Crippen molar-refractivity contribution in [2.24, 2.45) is 0 Å². The van der Waals surface area contributed by atoms with E-state index in [9.17, 15) is 19.4 Å². The molecule has 0 heterocycles. The largest absolute Gasteiger partial charge is 0.472 e. The van der Waals surface area contributed by atoms with Crippen molar-refractivity contribution in [2.45, 2.75) is 321 Å². The van der Waals surface area contributed by atoms with Crippen LogP contribution in [0.5, 0.6) is 0 Å². The summed E-state index contributed by atoms with van der Waals surface area (Å²) < 4.78 is 23.7. The zero-order valence-corrected chi connectivity index (χ0v) is 48.4. The molecule has 0 aliphatic heterocycles. The minimum Gasteiger partial charge on any atom is -0.387 e. The molecule has 70 heavy (non-hydrogen) atoms. The van der Waals surface area contributed by atoms with Crippen molar-refractivity contribution < 1.29 is 32.9 Å². The Hall–Kier alpha value is -1.02. The lowest BCUT2D eigenvalue weighted by atomic mass is 10.0. The first-order chi connectivity index (χ1) is 34.0. The molecule has 0 saturated carbocycles. The van der Waals surface area contributed by atoms with Gasteiger partial charge in [-0.3, -0.25) is 13.8 Å². The van der Waals surface area contributed by atoms with Gasteiger partial charge < -0.3 is 19.8 Å². The molecule has 0 aromatic carbocycles. The molecule has 0 aliphatic rings. The van der Waals surface area contributed by atoms with E-state index < -0.39 is 20.0 Å². The van der Waals surface area contributed by atoms with Gasteiger partial charge in [-0.2, -0.15) is 0 Å². The van der Waals surface area contributed by atoms with E-state index in [1.807, 2.05) is 27.2 Å². The number of hydrogen-bond donors (Lipinski definition) is 3. The molecule has 9 heteroatoms. The minimum atomic E-state index is -4.35. The third kappa shape index (κ3) is 54.7. The highest BCUT2D eigenvalue weighted by Crippen LogP contribution is 2.43. The van der Waals surface area contributed by atoms with E-state index in [2.05, 4.69) is 31.3 Å². The fourth-order valence-corrected chi connectivity index (χ4v) is 10.1. The standard InChI is InChI=1S/C61H121N2O6P/c1-6-8-10-12-14-16-18-20-22-24-26-27-28-29-30-31-32-33-34-35-36-37-39-41-43-45-47-49-51-53-55-61(65)62-59(58-69-70(66,67)68-57-56-63(3,4)5)60(64)54-52-50-48-46-44-42-40-38-25-23-21-19-17-15-13-11-9-7-2/h44,46,52,54,59-60,64H,6-43,45,47-51,53,55-58H2,1-5H3,(H-,62,65,66,67)/p+1/b46-44+,54-52+. The molecule has 0 aromatic heterocycles. The summed E-state index contributed by atoms with van der Waals surface area (Å²) in [6.07, 6.45) is 67.3. The molecule has 0 radical (unpaired) electrons. The Balaban J connectivity index is 4.09. The molecule has 0 rings (SSSR count). The minimum absolute atomic E-state index is 0.0588. The number of nitrogens with one attached hydrogen (secondary N) is 1. The summed E-state index contributed by atoms with van der Waals surface area (Å²) in [5.41, 5.74) is 0. The summed E-state index contributed by atoms with van der Waals surface area (Å²) in [6.45, 7) is 4.84. The van der Waals surface area contributed by atoms with Crippen molar-refractivity contribution in [1.29, 1.82) is 0 Å². The Morgan fingerprint density at radius 2 is 0.786 bits per heavy atom. The highest BCUT2D eigenvalue weighted by molar-refractivity contribution is 7.47. The van der Waals surface area contributed by atoms with E-state index in [-0.39, 0.29) is 19.1 Å². The highest BCUT2D eigenvalue weighted by atomic mass is 31.2. The average molecular weight is 1010 g/mol. The summed E-state index contributed by atoms with van der Waals surface area (Å²) in [5, 5.41) is 13.9. The van der Waals surface area contributed by atoms with Gasteiger partial charge in [-0.25, -0.2) is 4.57 Å². The van der Waals surface area contributed by atoms with Gasteiger partial charge in [0, 0.05) is 6.42 Å². The Morgan fingerprint density at radius 3 is 1.14 bits per heavy atom. The van der Waals surface area contributed by atoms with Gasteiger partial charge in [-0.15, -0.1) is 0 Å². The molecule has 416 valence electrons. The number of carbonyl (C=O) groups is 1. The molecule has 0 saturated heterocycles. The number of aliphatic hydroxyl groups is 1. The number of phosphoric ester groups is 1. The van der Waals surface area contributed by atoms with Crippen LogP contribution in [0.25, 0.3) is 0 Å². The summed E-state index contributed by atoms with van der Waals surface area (Å²) in [4.78, 5) is 23.3. The molecule has 3 N–H and O–H groups in total. The van der Waals surface area contributed by atoms with Gasteiger partial charge in [0.25, 0.3) is 0 Å². The number of rotatable bonds is 57. The second-order valence-electron chi connectivity index (χ2n) is 22.4. The molecule has 3 atom stereocenters. The molecule has 8 nitrogen and oxygen atoms in total. The lowest BCUT2D eigenvalue weighted by Crippen LogP contribution is -2.45. The van der Waals surface area contributed by atoms with E-state index in [1.165, 1.54) is 250 Å². The van der Waals surface area contributed by atoms with Crippen LogP contribution >= 0.6 is 7.82 Å². The van der Waals surface area contributed by atoms with E-state index in [0.717, 1.165) is 38.5 Å². The van der Waals surface area contributed by atoms with E-state index in [4.69, 9.17) is 9.05 Å². The Bertz CT molecular complexity index is 1190. The van der Waals surface area contributed by atoms with Crippen molar-refractivity contribution >= 4 is 13.7 Å². The molecule has 3 unspecified atom stereocenters.